The van der Waals surface area contributed by atoms with Crippen LogP contribution < -0.4 is 11.1 Å². The van der Waals surface area contributed by atoms with E-state index in [-0.39, 0.29) is 17.4 Å². The Hall–Kier alpha value is -3.20. The number of carbonyl (C=O) groups excluding carboxylic acids is 2. The second-order valence-electron chi connectivity index (χ2n) is 11.9. The Morgan fingerprint density at radius 2 is 2.03 bits per heavy atom. The first-order valence-corrected chi connectivity index (χ1v) is 13.3. The van der Waals surface area contributed by atoms with E-state index in [2.05, 4.69) is 20.2 Å². The van der Waals surface area contributed by atoms with Crippen LogP contribution in [-0.2, 0) is 4.74 Å². The topological polar surface area (TPSA) is 113 Å². The van der Waals surface area contributed by atoms with E-state index in [1.54, 1.807) is 12.4 Å². The number of rotatable bonds is 3. The van der Waals surface area contributed by atoms with Crippen molar-refractivity contribution in [3.8, 4) is 0 Å². The third kappa shape index (κ3) is 5.71. The molecular weight excluding hydrogens is 468 g/mol. The highest BCUT2D eigenvalue weighted by molar-refractivity contribution is 6.05. The lowest BCUT2D eigenvalue weighted by molar-refractivity contribution is -0.0348. The lowest BCUT2D eigenvalue weighted by Gasteiger charge is -2.48. The lowest BCUT2D eigenvalue weighted by Crippen LogP contribution is -2.58. The Bertz CT molecular complexity index is 1190. The van der Waals surface area contributed by atoms with E-state index in [9.17, 15) is 9.59 Å². The normalized spacial score (nSPS) is 24.2. The number of benzene rings is 1. The standard InChI is InChI=1S/C28H38N6O3/c1-27(2,3)37-26(36)34-17-28(18-34)11-9-21(14-28)33-13-5-7-20(16-33)24(29)32-25(35)31-23-8-4-6-19-15-30-12-10-22(19)23/h4,6,8,10,12,15,20-21H,5,7,9,11,13-14,16-18H2,1-3H3,(H3,29,31,32,35). The van der Waals surface area contributed by atoms with Crippen LogP contribution in [0.3, 0.4) is 0 Å². The van der Waals surface area contributed by atoms with Gasteiger partial charge in [-0.05, 0) is 71.6 Å². The number of anilines is 1. The quantitative estimate of drug-likeness (QED) is 0.464. The number of hydrogen-bond acceptors (Lipinski definition) is 5. The summed E-state index contributed by atoms with van der Waals surface area (Å²) in [5, 5.41) is 4.75. The van der Waals surface area contributed by atoms with Crippen molar-refractivity contribution in [3.63, 3.8) is 0 Å². The molecule has 9 heteroatoms. The highest BCUT2D eigenvalue weighted by Gasteiger charge is 2.51. The predicted molar refractivity (Wildman–Crippen MR) is 145 cm³/mol. The second-order valence-corrected chi connectivity index (χ2v) is 11.9. The summed E-state index contributed by atoms with van der Waals surface area (Å²) >= 11 is 0. The highest BCUT2D eigenvalue weighted by Crippen LogP contribution is 2.48. The average Bonchev–Trinajstić information content (AvgIpc) is 3.28. The van der Waals surface area contributed by atoms with Gasteiger partial charge in [-0.1, -0.05) is 12.1 Å². The Morgan fingerprint density at radius 1 is 1.22 bits per heavy atom. The highest BCUT2D eigenvalue weighted by atomic mass is 16.6. The molecule has 0 radical (unpaired) electrons. The van der Waals surface area contributed by atoms with Crippen molar-refractivity contribution in [2.45, 2.75) is 64.5 Å². The van der Waals surface area contributed by atoms with Crippen LogP contribution in [0.5, 0.6) is 0 Å². The largest absolute Gasteiger partial charge is 0.444 e. The van der Waals surface area contributed by atoms with Gasteiger partial charge in [-0.15, -0.1) is 0 Å². The minimum atomic E-state index is -0.467. The molecule has 1 aromatic carbocycles. The van der Waals surface area contributed by atoms with Crippen LogP contribution in [0.15, 0.2) is 41.7 Å². The maximum absolute atomic E-state index is 12.7. The van der Waals surface area contributed by atoms with Gasteiger partial charge in [0.05, 0.1) is 5.69 Å². The summed E-state index contributed by atoms with van der Waals surface area (Å²) in [6, 6.07) is 7.60. The van der Waals surface area contributed by atoms with E-state index >= 15 is 0 Å². The van der Waals surface area contributed by atoms with Crippen LogP contribution in [-0.4, -0.2) is 70.6 Å². The minimum Gasteiger partial charge on any atom is -0.444 e. The van der Waals surface area contributed by atoms with E-state index in [0.29, 0.717) is 17.6 Å². The number of aromatic nitrogens is 1. The van der Waals surface area contributed by atoms with Crippen molar-refractivity contribution >= 4 is 34.4 Å². The maximum atomic E-state index is 12.7. The summed E-state index contributed by atoms with van der Waals surface area (Å²) in [6.45, 7) is 9.12. The molecule has 3 heterocycles. The zero-order chi connectivity index (χ0) is 26.2. The first kappa shape index (κ1) is 25.4. The van der Waals surface area contributed by atoms with Crippen molar-refractivity contribution in [1.82, 2.24) is 14.8 Å². The zero-order valence-corrected chi connectivity index (χ0v) is 22.1. The number of nitrogens with one attached hydrogen (secondary N) is 1. The molecule has 2 saturated heterocycles. The van der Waals surface area contributed by atoms with Gasteiger partial charge in [-0.3, -0.25) is 9.88 Å². The number of piperidine rings is 1. The zero-order valence-electron chi connectivity index (χ0n) is 22.1. The van der Waals surface area contributed by atoms with E-state index in [4.69, 9.17) is 10.5 Å². The number of carbonyl (C=O) groups is 2. The average molecular weight is 507 g/mol. The third-order valence-corrected chi connectivity index (χ3v) is 7.92. The SMILES string of the molecule is CC(C)(C)OC(=O)N1CC2(CCC(N3CCCC(/C(N)=N/C(=O)Nc4cccc5cnccc45)C3)C2)C1. The summed E-state index contributed by atoms with van der Waals surface area (Å²) in [6.07, 6.45) is 8.58. The molecule has 3 amide bonds. The number of likely N-dealkylation sites (tertiary alicyclic amines) is 2. The van der Waals surface area contributed by atoms with E-state index < -0.39 is 11.6 Å². The molecule has 1 aliphatic carbocycles. The summed E-state index contributed by atoms with van der Waals surface area (Å²) in [5.74, 6) is 0.462. The van der Waals surface area contributed by atoms with Crippen LogP contribution in [0.25, 0.3) is 10.8 Å². The molecule has 3 N–H and O–H groups in total. The van der Waals surface area contributed by atoms with Gasteiger partial charge in [0.2, 0.25) is 0 Å². The summed E-state index contributed by atoms with van der Waals surface area (Å²) in [7, 11) is 0. The van der Waals surface area contributed by atoms with Gasteiger partial charge >= 0.3 is 12.1 Å². The van der Waals surface area contributed by atoms with Crippen LogP contribution in [0.4, 0.5) is 15.3 Å². The molecule has 2 unspecified atom stereocenters. The van der Waals surface area contributed by atoms with E-state index in [1.807, 2.05) is 49.9 Å². The molecule has 198 valence electrons. The molecule has 37 heavy (non-hydrogen) atoms. The van der Waals surface area contributed by atoms with Gasteiger partial charge in [0.25, 0.3) is 0 Å². The van der Waals surface area contributed by atoms with Gasteiger partial charge in [0, 0.05) is 60.2 Å². The molecule has 9 nitrogen and oxygen atoms in total. The van der Waals surface area contributed by atoms with E-state index in [1.165, 1.54) is 0 Å². The molecular formula is C28H38N6O3. The number of nitrogens with zero attached hydrogens (tertiary/aromatic N) is 4. The number of hydrogen-bond donors (Lipinski definition) is 2. The fourth-order valence-corrected chi connectivity index (χ4v) is 6.16. The number of pyridine rings is 1. The van der Waals surface area contributed by atoms with E-state index in [0.717, 1.165) is 69.1 Å². The van der Waals surface area contributed by atoms with Crippen LogP contribution >= 0.6 is 0 Å². The van der Waals surface area contributed by atoms with Crippen LogP contribution in [0, 0.1) is 11.3 Å². The molecule has 3 fully saturated rings. The van der Waals surface area contributed by atoms with Gasteiger partial charge in [0.15, 0.2) is 0 Å². The molecule has 1 spiro atoms. The predicted octanol–water partition coefficient (Wildman–Crippen LogP) is 4.63. The maximum Gasteiger partial charge on any atom is 0.410 e. The molecule has 3 aliphatic rings. The lowest BCUT2D eigenvalue weighted by atomic mass is 9.78. The van der Waals surface area contributed by atoms with Crippen molar-refractivity contribution in [2.24, 2.45) is 22.1 Å². The Morgan fingerprint density at radius 3 is 2.81 bits per heavy atom. The van der Waals surface area contributed by atoms with Gasteiger partial charge < -0.3 is 20.7 Å². The van der Waals surface area contributed by atoms with Crippen molar-refractivity contribution < 1.29 is 14.3 Å². The van der Waals surface area contributed by atoms with Gasteiger partial charge in [-0.25, -0.2) is 9.59 Å². The van der Waals surface area contributed by atoms with Gasteiger partial charge in [-0.2, -0.15) is 4.99 Å². The van der Waals surface area contributed by atoms with Crippen molar-refractivity contribution in [1.29, 1.82) is 0 Å². The monoisotopic (exact) mass is 506 g/mol. The summed E-state index contributed by atoms with van der Waals surface area (Å²) in [4.78, 5) is 37.8. The Balaban J connectivity index is 1.15. The van der Waals surface area contributed by atoms with Crippen LogP contribution in [0.2, 0.25) is 0 Å². The summed E-state index contributed by atoms with van der Waals surface area (Å²) < 4.78 is 5.53. The fourth-order valence-electron chi connectivity index (χ4n) is 6.16. The minimum absolute atomic E-state index is 0.0624. The van der Waals surface area contributed by atoms with Crippen LogP contribution in [0.1, 0.15) is 52.9 Å². The third-order valence-electron chi connectivity index (χ3n) is 7.92. The smallest absolute Gasteiger partial charge is 0.410 e. The van der Waals surface area contributed by atoms with Gasteiger partial charge in [0.1, 0.15) is 11.4 Å². The second kappa shape index (κ2) is 9.93. The molecule has 2 aliphatic heterocycles. The number of nitrogens with two attached hydrogens (primary N) is 1. The Labute approximate surface area is 218 Å². The molecule has 2 aromatic rings. The number of urea groups is 1. The summed E-state index contributed by atoms with van der Waals surface area (Å²) in [5.41, 5.74) is 6.81. The number of amidine groups is 1. The number of amides is 3. The number of fused-ring (bicyclic) bond motifs is 1. The fraction of sp³-hybridized carbons (Fsp3) is 0.571. The molecule has 1 saturated carbocycles. The molecule has 5 rings (SSSR count). The number of aliphatic imine (C=N–C) groups is 1. The number of ether oxygens (including phenoxy) is 1. The molecule has 2 atom stereocenters. The van der Waals surface area contributed by atoms with Crippen molar-refractivity contribution in [3.05, 3.63) is 36.7 Å². The molecule has 1 aromatic heterocycles. The first-order chi connectivity index (χ1) is 17.6. The molecule has 0 bridgehead atoms. The first-order valence-electron chi connectivity index (χ1n) is 13.3. The Kier molecular flexibility index (Phi) is 6.83. The van der Waals surface area contributed by atoms with Crippen molar-refractivity contribution in [2.75, 3.05) is 31.5 Å².